The molecule has 8 heteroatoms. The fourth-order valence-electron chi connectivity index (χ4n) is 3.96. The number of nitrogens with zero attached hydrogens (tertiary/aromatic N) is 4. The molecular formula is C22H25N5O3. The average Bonchev–Trinajstić information content (AvgIpc) is 3.19. The summed E-state index contributed by atoms with van der Waals surface area (Å²) in [6.45, 7) is 1.18. The van der Waals surface area contributed by atoms with Crippen molar-refractivity contribution in [3.8, 4) is 0 Å². The number of hydrogen-bond donors (Lipinski definition) is 1. The Morgan fingerprint density at radius 1 is 1.20 bits per heavy atom. The van der Waals surface area contributed by atoms with Crippen LogP contribution in [-0.2, 0) is 18.3 Å². The number of likely N-dealkylation sites (tertiary alicyclic amines) is 1. The zero-order chi connectivity index (χ0) is 21.1. The number of amides is 1. The number of fused-ring (bicyclic) bond motifs is 1. The summed E-state index contributed by atoms with van der Waals surface area (Å²) in [4.78, 5) is 50.5. The fraction of sp³-hybridized carbons (Fsp3) is 0.409. The van der Waals surface area contributed by atoms with Crippen LogP contribution in [-0.4, -0.2) is 49.2 Å². The van der Waals surface area contributed by atoms with Gasteiger partial charge in [-0.1, -0.05) is 12.1 Å². The number of Topliss-reactive ketones (excluding diaryl/α,β-unsaturated/α-hetero) is 1. The molecule has 8 nitrogen and oxygen atoms in total. The van der Waals surface area contributed by atoms with Gasteiger partial charge in [0, 0.05) is 45.1 Å². The predicted molar refractivity (Wildman–Crippen MR) is 112 cm³/mol. The minimum absolute atomic E-state index is 0.0639. The highest BCUT2D eigenvalue weighted by molar-refractivity contribution is 5.96. The molecule has 3 aromatic rings. The van der Waals surface area contributed by atoms with Crippen LogP contribution >= 0.6 is 0 Å². The van der Waals surface area contributed by atoms with Gasteiger partial charge < -0.3 is 14.5 Å². The number of imidazole rings is 1. The Balaban J connectivity index is 1.26. The molecule has 1 aromatic carbocycles. The highest BCUT2D eigenvalue weighted by atomic mass is 16.2. The molecule has 1 fully saturated rings. The van der Waals surface area contributed by atoms with E-state index in [0.29, 0.717) is 67.6 Å². The van der Waals surface area contributed by atoms with E-state index in [0.717, 1.165) is 0 Å². The van der Waals surface area contributed by atoms with Gasteiger partial charge in [0.1, 0.15) is 11.5 Å². The Hall–Kier alpha value is -3.29. The van der Waals surface area contributed by atoms with Gasteiger partial charge in [0.25, 0.3) is 5.56 Å². The van der Waals surface area contributed by atoms with Crippen LogP contribution in [0.25, 0.3) is 10.9 Å². The molecule has 2 aromatic heterocycles. The van der Waals surface area contributed by atoms with Crippen LogP contribution in [0.4, 0.5) is 0 Å². The summed E-state index contributed by atoms with van der Waals surface area (Å²) < 4.78 is 1.77. The zero-order valence-corrected chi connectivity index (χ0v) is 17.0. The molecule has 1 N–H and O–H groups in total. The van der Waals surface area contributed by atoms with Crippen LogP contribution < -0.4 is 5.56 Å². The van der Waals surface area contributed by atoms with Crippen molar-refractivity contribution in [3.63, 3.8) is 0 Å². The first-order chi connectivity index (χ1) is 14.5. The maximum Gasteiger partial charge on any atom is 0.258 e. The van der Waals surface area contributed by atoms with E-state index in [1.54, 1.807) is 23.2 Å². The molecule has 0 saturated carbocycles. The second kappa shape index (κ2) is 8.61. The number of carbonyl (C=O) groups is 2. The van der Waals surface area contributed by atoms with Crippen LogP contribution in [0.5, 0.6) is 0 Å². The summed E-state index contributed by atoms with van der Waals surface area (Å²) in [5.41, 5.74) is 1.02. The number of para-hydroxylation sites is 1. The Kier molecular flexibility index (Phi) is 5.74. The first kappa shape index (κ1) is 20.0. The van der Waals surface area contributed by atoms with Crippen molar-refractivity contribution in [1.82, 2.24) is 24.4 Å². The standard InChI is InChI=1S/C22H25N5O3/c1-26-13-18(23-14-26)21(29)15-9-11-27(12-10-15)20(28)8-4-7-19-24-17-6-3-2-5-16(17)22(30)25-19/h2-3,5-6,13-15H,4,7-12H2,1H3,(H,24,25,30). The Bertz CT molecular complexity index is 1130. The quantitative estimate of drug-likeness (QED) is 0.631. The number of carbonyl (C=O) groups excluding carboxylic acids is 2. The van der Waals surface area contributed by atoms with Gasteiger partial charge in [-0.3, -0.25) is 14.4 Å². The van der Waals surface area contributed by atoms with E-state index in [1.165, 1.54) is 0 Å². The van der Waals surface area contributed by atoms with Crippen LogP contribution in [0.2, 0.25) is 0 Å². The van der Waals surface area contributed by atoms with Gasteiger partial charge in [-0.2, -0.15) is 0 Å². The van der Waals surface area contributed by atoms with Gasteiger partial charge in [0.05, 0.1) is 17.2 Å². The van der Waals surface area contributed by atoms with Gasteiger partial charge in [-0.25, -0.2) is 9.97 Å². The molecule has 3 heterocycles. The van der Waals surface area contributed by atoms with Crippen molar-refractivity contribution >= 4 is 22.6 Å². The van der Waals surface area contributed by atoms with Crippen molar-refractivity contribution in [2.24, 2.45) is 13.0 Å². The smallest absolute Gasteiger partial charge is 0.258 e. The second-order valence-corrected chi connectivity index (χ2v) is 7.83. The zero-order valence-electron chi connectivity index (χ0n) is 17.0. The first-order valence-electron chi connectivity index (χ1n) is 10.3. The number of hydrogen-bond acceptors (Lipinski definition) is 5. The number of nitrogens with one attached hydrogen (secondary N) is 1. The molecule has 1 amide bonds. The largest absolute Gasteiger partial charge is 0.343 e. The number of aromatic nitrogens is 4. The molecule has 0 atom stereocenters. The van der Waals surface area contributed by atoms with Gasteiger partial charge >= 0.3 is 0 Å². The molecule has 1 saturated heterocycles. The molecule has 0 unspecified atom stereocenters. The van der Waals surface area contributed by atoms with E-state index < -0.39 is 0 Å². The van der Waals surface area contributed by atoms with Crippen molar-refractivity contribution in [2.75, 3.05) is 13.1 Å². The fourth-order valence-corrected chi connectivity index (χ4v) is 3.96. The molecule has 0 spiro atoms. The molecule has 1 aliphatic rings. The molecule has 156 valence electrons. The van der Waals surface area contributed by atoms with Gasteiger partial charge in [-0.15, -0.1) is 0 Å². The lowest BCUT2D eigenvalue weighted by molar-refractivity contribution is -0.132. The highest BCUT2D eigenvalue weighted by Crippen LogP contribution is 2.22. The number of piperidine rings is 1. The number of H-pyrrole nitrogens is 1. The van der Waals surface area contributed by atoms with E-state index in [9.17, 15) is 14.4 Å². The predicted octanol–water partition coefficient (Wildman–Crippen LogP) is 2.10. The lowest BCUT2D eigenvalue weighted by Gasteiger charge is -2.31. The maximum atomic E-state index is 12.6. The molecule has 30 heavy (non-hydrogen) atoms. The number of aryl methyl sites for hydroxylation is 2. The van der Waals surface area contributed by atoms with E-state index in [-0.39, 0.29) is 23.2 Å². The second-order valence-electron chi connectivity index (χ2n) is 7.83. The van der Waals surface area contributed by atoms with Crippen LogP contribution in [0, 0.1) is 5.92 Å². The molecule has 0 aliphatic carbocycles. The van der Waals surface area contributed by atoms with E-state index in [1.807, 2.05) is 30.1 Å². The minimum Gasteiger partial charge on any atom is -0.343 e. The number of aromatic amines is 1. The monoisotopic (exact) mass is 407 g/mol. The average molecular weight is 407 g/mol. The summed E-state index contributed by atoms with van der Waals surface area (Å²) in [6.07, 6.45) is 6.26. The minimum atomic E-state index is -0.151. The van der Waals surface area contributed by atoms with Crippen molar-refractivity contribution in [1.29, 1.82) is 0 Å². The van der Waals surface area contributed by atoms with Crippen LogP contribution in [0.3, 0.4) is 0 Å². The first-order valence-corrected chi connectivity index (χ1v) is 10.3. The third-order valence-corrected chi connectivity index (χ3v) is 5.64. The summed E-state index contributed by atoms with van der Waals surface area (Å²) in [5, 5.41) is 0.570. The Morgan fingerprint density at radius 2 is 1.97 bits per heavy atom. The normalized spacial score (nSPS) is 14.9. The third-order valence-electron chi connectivity index (χ3n) is 5.64. The van der Waals surface area contributed by atoms with Crippen molar-refractivity contribution < 1.29 is 9.59 Å². The molecular weight excluding hydrogens is 382 g/mol. The summed E-state index contributed by atoms with van der Waals surface area (Å²) >= 11 is 0. The molecule has 0 radical (unpaired) electrons. The third kappa shape index (κ3) is 4.32. The molecule has 0 bridgehead atoms. The Morgan fingerprint density at radius 3 is 2.70 bits per heavy atom. The van der Waals surface area contributed by atoms with Crippen LogP contribution in [0.15, 0.2) is 41.6 Å². The van der Waals surface area contributed by atoms with Crippen LogP contribution in [0.1, 0.15) is 42.0 Å². The summed E-state index contributed by atoms with van der Waals surface area (Å²) in [7, 11) is 1.84. The summed E-state index contributed by atoms with van der Waals surface area (Å²) in [6, 6.07) is 7.22. The lowest BCUT2D eigenvalue weighted by Crippen LogP contribution is -2.40. The van der Waals surface area contributed by atoms with Gasteiger partial charge in [0.2, 0.25) is 5.91 Å². The number of rotatable bonds is 6. The van der Waals surface area contributed by atoms with E-state index in [2.05, 4.69) is 15.0 Å². The van der Waals surface area contributed by atoms with Gasteiger partial charge in [0.15, 0.2) is 5.78 Å². The maximum absolute atomic E-state index is 12.6. The molecule has 1 aliphatic heterocycles. The number of ketones is 1. The number of benzene rings is 1. The van der Waals surface area contributed by atoms with E-state index >= 15 is 0 Å². The molecule has 4 rings (SSSR count). The SMILES string of the molecule is Cn1cnc(C(=O)C2CCN(C(=O)CCCc3nc4ccccc4c(=O)[nH]3)CC2)c1. The van der Waals surface area contributed by atoms with Crippen molar-refractivity contribution in [2.45, 2.75) is 32.1 Å². The van der Waals surface area contributed by atoms with Crippen molar-refractivity contribution in [3.05, 3.63) is 58.7 Å². The van der Waals surface area contributed by atoms with E-state index in [4.69, 9.17) is 0 Å². The highest BCUT2D eigenvalue weighted by Gasteiger charge is 2.28. The Labute approximate surface area is 174 Å². The lowest BCUT2D eigenvalue weighted by atomic mass is 9.91. The topological polar surface area (TPSA) is 101 Å². The summed E-state index contributed by atoms with van der Waals surface area (Å²) in [5.74, 6) is 0.679. The van der Waals surface area contributed by atoms with Gasteiger partial charge in [-0.05, 0) is 31.4 Å².